The number of para-hydroxylation sites is 1. The van der Waals surface area contributed by atoms with E-state index in [0.717, 1.165) is 33.2 Å². The van der Waals surface area contributed by atoms with Crippen LogP contribution in [0, 0.1) is 0 Å². The predicted molar refractivity (Wildman–Crippen MR) is 82.3 cm³/mol. The highest BCUT2D eigenvalue weighted by Gasteiger charge is 2.04. The van der Waals surface area contributed by atoms with Gasteiger partial charge in [0.2, 0.25) is 0 Å². The Labute approximate surface area is 121 Å². The highest BCUT2D eigenvalue weighted by Crippen LogP contribution is 2.24. The molecule has 0 bridgehead atoms. The number of benzene rings is 2. The maximum absolute atomic E-state index is 5.94. The Morgan fingerprint density at radius 1 is 0.952 bits per heavy atom. The second-order valence-electron chi connectivity index (χ2n) is 4.91. The highest BCUT2D eigenvalue weighted by molar-refractivity contribution is 5.84. The van der Waals surface area contributed by atoms with Gasteiger partial charge in [0, 0.05) is 17.0 Å². The Hall–Kier alpha value is -2.81. The fraction of sp³-hybridized carbons (Fsp3) is 0.0556. The van der Waals surface area contributed by atoms with E-state index in [2.05, 4.69) is 11.1 Å². The molecule has 0 N–H and O–H groups in total. The zero-order valence-corrected chi connectivity index (χ0v) is 11.3. The Morgan fingerprint density at radius 2 is 1.90 bits per heavy atom. The van der Waals surface area contributed by atoms with Gasteiger partial charge in [-0.2, -0.15) is 0 Å². The summed E-state index contributed by atoms with van der Waals surface area (Å²) in [6.45, 7) is 0.511. The fourth-order valence-electron chi connectivity index (χ4n) is 2.46. The van der Waals surface area contributed by atoms with E-state index in [0.29, 0.717) is 6.61 Å². The molecule has 0 amide bonds. The van der Waals surface area contributed by atoms with E-state index in [-0.39, 0.29) is 0 Å². The van der Waals surface area contributed by atoms with Crippen molar-refractivity contribution >= 4 is 21.9 Å². The van der Waals surface area contributed by atoms with E-state index in [4.69, 9.17) is 9.15 Å². The standard InChI is InChI=1S/C18H13NO2/c1-3-14-4-2-9-19-18(14)17(5-1)21-12-13-6-7-16-15(11-13)8-10-20-16/h1-11H,12H2. The molecule has 0 saturated carbocycles. The quantitative estimate of drug-likeness (QED) is 0.549. The summed E-state index contributed by atoms with van der Waals surface area (Å²) < 4.78 is 11.3. The Balaban J connectivity index is 1.63. The third-order valence-corrected chi connectivity index (χ3v) is 3.51. The lowest BCUT2D eigenvalue weighted by Crippen LogP contribution is -1.96. The Morgan fingerprint density at radius 3 is 2.90 bits per heavy atom. The lowest BCUT2D eigenvalue weighted by molar-refractivity contribution is 0.309. The molecule has 0 fully saturated rings. The molecular formula is C18H13NO2. The largest absolute Gasteiger partial charge is 0.487 e. The van der Waals surface area contributed by atoms with Gasteiger partial charge in [0.15, 0.2) is 0 Å². The molecule has 2 aromatic carbocycles. The van der Waals surface area contributed by atoms with Crippen LogP contribution in [0.25, 0.3) is 21.9 Å². The first-order valence-electron chi connectivity index (χ1n) is 6.83. The minimum absolute atomic E-state index is 0.511. The maximum Gasteiger partial charge on any atom is 0.146 e. The smallest absolute Gasteiger partial charge is 0.146 e. The van der Waals surface area contributed by atoms with E-state index in [1.54, 1.807) is 12.5 Å². The molecule has 102 valence electrons. The number of hydrogen-bond donors (Lipinski definition) is 0. The van der Waals surface area contributed by atoms with E-state index in [1.165, 1.54) is 0 Å². The van der Waals surface area contributed by atoms with Crippen LogP contribution in [0.15, 0.2) is 71.5 Å². The number of fused-ring (bicyclic) bond motifs is 2. The van der Waals surface area contributed by atoms with Gasteiger partial charge in [-0.15, -0.1) is 0 Å². The third-order valence-electron chi connectivity index (χ3n) is 3.51. The first-order valence-corrected chi connectivity index (χ1v) is 6.83. The van der Waals surface area contributed by atoms with Crippen LogP contribution in [0.1, 0.15) is 5.56 Å². The van der Waals surface area contributed by atoms with Crippen molar-refractivity contribution in [1.82, 2.24) is 4.98 Å². The normalized spacial score (nSPS) is 11.0. The lowest BCUT2D eigenvalue weighted by atomic mass is 10.2. The van der Waals surface area contributed by atoms with Crippen molar-refractivity contribution in [3.8, 4) is 5.75 Å². The first-order chi connectivity index (χ1) is 10.4. The van der Waals surface area contributed by atoms with Crippen LogP contribution in [-0.4, -0.2) is 4.98 Å². The molecule has 0 aliphatic rings. The summed E-state index contributed by atoms with van der Waals surface area (Å²) >= 11 is 0. The molecule has 0 aliphatic heterocycles. The molecule has 3 heteroatoms. The van der Waals surface area contributed by atoms with Crippen molar-refractivity contribution < 1.29 is 9.15 Å². The molecule has 0 atom stereocenters. The number of nitrogens with zero attached hydrogens (tertiary/aromatic N) is 1. The van der Waals surface area contributed by atoms with E-state index >= 15 is 0 Å². The van der Waals surface area contributed by atoms with Crippen LogP contribution in [0.5, 0.6) is 5.75 Å². The molecule has 4 rings (SSSR count). The number of pyridine rings is 1. The van der Waals surface area contributed by atoms with E-state index in [9.17, 15) is 0 Å². The average Bonchev–Trinajstić information content (AvgIpc) is 3.00. The van der Waals surface area contributed by atoms with Gasteiger partial charge in [-0.25, -0.2) is 0 Å². The van der Waals surface area contributed by atoms with E-state index in [1.807, 2.05) is 48.5 Å². The first kappa shape index (κ1) is 12.0. The lowest BCUT2D eigenvalue weighted by Gasteiger charge is -2.08. The van der Waals surface area contributed by atoms with Gasteiger partial charge in [-0.3, -0.25) is 4.98 Å². The number of rotatable bonds is 3. The van der Waals surface area contributed by atoms with Gasteiger partial charge < -0.3 is 9.15 Å². The van der Waals surface area contributed by atoms with Gasteiger partial charge in [0.25, 0.3) is 0 Å². The topological polar surface area (TPSA) is 35.3 Å². The highest BCUT2D eigenvalue weighted by atomic mass is 16.5. The zero-order chi connectivity index (χ0) is 14.1. The molecule has 0 unspecified atom stereocenters. The SMILES string of the molecule is c1cnc2c(OCc3ccc4occc4c3)cccc2c1. The van der Waals surface area contributed by atoms with Crippen LogP contribution in [0.3, 0.4) is 0 Å². The summed E-state index contributed by atoms with van der Waals surface area (Å²) in [4.78, 5) is 4.40. The third kappa shape index (κ3) is 2.23. The molecule has 0 spiro atoms. The molecule has 4 aromatic rings. The van der Waals surface area contributed by atoms with Crippen molar-refractivity contribution in [3.63, 3.8) is 0 Å². The van der Waals surface area contributed by atoms with Crippen molar-refractivity contribution in [2.24, 2.45) is 0 Å². The minimum Gasteiger partial charge on any atom is -0.487 e. The van der Waals surface area contributed by atoms with Gasteiger partial charge >= 0.3 is 0 Å². The Bertz CT molecular complexity index is 906. The van der Waals surface area contributed by atoms with Crippen molar-refractivity contribution in [3.05, 3.63) is 72.6 Å². The van der Waals surface area contributed by atoms with Crippen LogP contribution in [-0.2, 0) is 6.61 Å². The van der Waals surface area contributed by atoms with Crippen molar-refractivity contribution in [2.75, 3.05) is 0 Å². The van der Waals surface area contributed by atoms with Gasteiger partial charge in [-0.05, 0) is 35.9 Å². The minimum atomic E-state index is 0.511. The number of furan rings is 1. The molecule has 2 heterocycles. The Kier molecular flexibility index (Phi) is 2.82. The summed E-state index contributed by atoms with van der Waals surface area (Å²) in [5, 5.41) is 2.17. The van der Waals surface area contributed by atoms with Gasteiger partial charge in [0.1, 0.15) is 23.5 Å². The maximum atomic E-state index is 5.94. The summed E-state index contributed by atoms with van der Waals surface area (Å²) in [5.41, 5.74) is 2.90. The fourth-order valence-corrected chi connectivity index (χ4v) is 2.46. The summed E-state index contributed by atoms with van der Waals surface area (Å²) in [6, 6.07) is 18.0. The molecule has 0 saturated heterocycles. The van der Waals surface area contributed by atoms with Gasteiger partial charge in [-0.1, -0.05) is 24.3 Å². The van der Waals surface area contributed by atoms with Crippen LogP contribution >= 0.6 is 0 Å². The summed E-state index contributed by atoms with van der Waals surface area (Å²) in [5.74, 6) is 0.806. The average molecular weight is 275 g/mol. The zero-order valence-electron chi connectivity index (χ0n) is 11.3. The van der Waals surface area contributed by atoms with Gasteiger partial charge in [0.05, 0.1) is 6.26 Å². The molecule has 21 heavy (non-hydrogen) atoms. The number of hydrogen-bond acceptors (Lipinski definition) is 3. The predicted octanol–water partition coefficient (Wildman–Crippen LogP) is 4.56. The summed E-state index contributed by atoms with van der Waals surface area (Å²) in [6.07, 6.45) is 3.48. The number of aromatic nitrogens is 1. The molecular weight excluding hydrogens is 262 g/mol. The summed E-state index contributed by atoms with van der Waals surface area (Å²) in [7, 11) is 0. The van der Waals surface area contributed by atoms with Crippen LogP contribution in [0.2, 0.25) is 0 Å². The molecule has 2 aromatic heterocycles. The van der Waals surface area contributed by atoms with Crippen molar-refractivity contribution in [1.29, 1.82) is 0 Å². The van der Waals surface area contributed by atoms with Crippen molar-refractivity contribution in [2.45, 2.75) is 6.61 Å². The van der Waals surface area contributed by atoms with E-state index < -0.39 is 0 Å². The monoisotopic (exact) mass is 275 g/mol. The van der Waals surface area contributed by atoms with Crippen LogP contribution in [0.4, 0.5) is 0 Å². The van der Waals surface area contributed by atoms with Crippen LogP contribution < -0.4 is 4.74 Å². The molecule has 0 aliphatic carbocycles. The molecule has 0 radical (unpaired) electrons. The second-order valence-corrected chi connectivity index (χ2v) is 4.91. The number of ether oxygens (including phenoxy) is 1. The second kappa shape index (κ2) is 4.94. The molecule has 3 nitrogen and oxygen atoms in total.